The van der Waals surface area contributed by atoms with Crippen LogP contribution in [-0.4, -0.2) is 70.0 Å². The van der Waals surface area contributed by atoms with Crippen LogP contribution in [0, 0.1) is 0 Å². The minimum Gasteiger partial charge on any atom is -0.492 e. The molecule has 0 N–H and O–H groups in total. The number of likely N-dealkylation sites (N-methyl/N-ethyl adjacent to an activating group) is 1. The van der Waals surface area contributed by atoms with Gasteiger partial charge in [-0.2, -0.15) is 4.31 Å². The van der Waals surface area contributed by atoms with Gasteiger partial charge in [-0.3, -0.25) is 4.79 Å². The van der Waals surface area contributed by atoms with E-state index in [4.69, 9.17) is 21.1 Å². The van der Waals surface area contributed by atoms with Gasteiger partial charge in [-0.05, 0) is 25.1 Å². The predicted molar refractivity (Wildman–Crippen MR) is 89.8 cm³/mol. The molecule has 0 aliphatic carbocycles. The second-order valence-corrected chi connectivity index (χ2v) is 7.73. The van der Waals surface area contributed by atoms with Crippen molar-refractivity contribution < 1.29 is 22.7 Å². The number of halogens is 1. The lowest BCUT2D eigenvalue weighted by atomic mass is 10.3. The monoisotopic (exact) mass is 376 g/mol. The van der Waals surface area contributed by atoms with E-state index in [-0.39, 0.29) is 22.4 Å². The summed E-state index contributed by atoms with van der Waals surface area (Å²) in [5, 5.41) is 0.214. The van der Waals surface area contributed by atoms with E-state index < -0.39 is 10.0 Å². The van der Waals surface area contributed by atoms with Crippen LogP contribution in [0.15, 0.2) is 23.1 Å². The Morgan fingerprint density at radius 2 is 2.04 bits per heavy atom. The summed E-state index contributed by atoms with van der Waals surface area (Å²) in [7, 11) is -2.44. The molecule has 0 radical (unpaired) electrons. The normalized spacial score (nSPS) is 15.6. The maximum Gasteiger partial charge on any atom is 0.243 e. The molecule has 1 fully saturated rings. The first kappa shape index (κ1) is 19.0. The number of sulfonamides is 1. The molecule has 24 heavy (non-hydrogen) atoms. The Morgan fingerprint density at radius 3 is 2.62 bits per heavy atom. The summed E-state index contributed by atoms with van der Waals surface area (Å²) >= 11 is 6.05. The molecule has 1 aliphatic rings. The van der Waals surface area contributed by atoms with Crippen LogP contribution < -0.4 is 4.74 Å². The molecule has 1 saturated heterocycles. The van der Waals surface area contributed by atoms with E-state index in [1.165, 1.54) is 25.2 Å². The van der Waals surface area contributed by atoms with E-state index in [9.17, 15) is 13.2 Å². The lowest BCUT2D eigenvalue weighted by Gasteiger charge is -2.28. The standard InChI is InChI=1S/C15H21ClN2O5S/c1-3-23-14-5-4-12(10-13(14)16)24(20,21)17(2)11-15(19)18-6-8-22-9-7-18/h4-5,10H,3,6-9,11H2,1-2H3. The lowest BCUT2D eigenvalue weighted by molar-refractivity contribution is -0.135. The highest BCUT2D eigenvalue weighted by Crippen LogP contribution is 2.28. The van der Waals surface area contributed by atoms with Gasteiger partial charge in [0.05, 0.1) is 36.3 Å². The number of ether oxygens (including phenoxy) is 2. The second kappa shape index (κ2) is 8.15. The summed E-state index contributed by atoms with van der Waals surface area (Å²) in [4.78, 5) is 13.8. The van der Waals surface area contributed by atoms with Crippen LogP contribution in [0.25, 0.3) is 0 Å². The van der Waals surface area contributed by atoms with Crippen LogP contribution in [0.3, 0.4) is 0 Å². The number of hydrogen-bond acceptors (Lipinski definition) is 5. The Kier molecular flexibility index (Phi) is 6.45. The molecule has 7 nitrogen and oxygen atoms in total. The average Bonchev–Trinajstić information content (AvgIpc) is 2.57. The Balaban J connectivity index is 2.10. The molecule has 0 aromatic heterocycles. The number of morpholine rings is 1. The SMILES string of the molecule is CCOc1ccc(S(=O)(=O)N(C)CC(=O)N2CCOCC2)cc1Cl. The number of carbonyl (C=O) groups excluding carboxylic acids is 1. The number of amides is 1. The molecule has 0 saturated carbocycles. The summed E-state index contributed by atoms with van der Waals surface area (Å²) in [6.45, 7) is 3.90. The molecule has 0 unspecified atom stereocenters. The largest absolute Gasteiger partial charge is 0.492 e. The fourth-order valence-corrected chi connectivity index (χ4v) is 3.73. The highest BCUT2D eigenvalue weighted by Gasteiger charge is 2.26. The van der Waals surface area contributed by atoms with Crippen molar-refractivity contribution in [2.75, 3.05) is 46.5 Å². The predicted octanol–water partition coefficient (Wildman–Crippen LogP) is 1.22. The summed E-state index contributed by atoms with van der Waals surface area (Å²) in [6, 6.07) is 4.26. The third kappa shape index (κ3) is 4.38. The summed E-state index contributed by atoms with van der Waals surface area (Å²) < 4.78 is 36.7. The smallest absolute Gasteiger partial charge is 0.243 e. The molecular formula is C15H21ClN2O5S. The van der Waals surface area contributed by atoms with Gasteiger partial charge in [-0.25, -0.2) is 8.42 Å². The number of benzene rings is 1. The van der Waals surface area contributed by atoms with Gasteiger partial charge in [0.1, 0.15) is 5.75 Å². The van der Waals surface area contributed by atoms with E-state index in [2.05, 4.69) is 0 Å². The molecule has 1 amide bonds. The number of carbonyl (C=O) groups is 1. The zero-order valence-corrected chi connectivity index (χ0v) is 15.3. The van der Waals surface area contributed by atoms with Crippen LogP contribution >= 0.6 is 11.6 Å². The summed E-state index contributed by atoms with van der Waals surface area (Å²) in [6.07, 6.45) is 0. The lowest BCUT2D eigenvalue weighted by Crippen LogP contribution is -2.46. The second-order valence-electron chi connectivity index (χ2n) is 5.28. The molecule has 134 valence electrons. The Bertz CT molecular complexity index is 689. The number of nitrogens with zero attached hydrogens (tertiary/aromatic N) is 2. The molecular weight excluding hydrogens is 356 g/mol. The fourth-order valence-electron chi connectivity index (χ4n) is 2.28. The fraction of sp³-hybridized carbons (Fsp3) is 0.533. The van der Waals surface area contributed by atoms with Gasteiger partial charge in [-0.15, -0.1) is 0 Å². The number of hydrogen-bond donors (Lipinski definition) is 0. The van der Waals surface area contributed by atoms with E-state index in [1.807, 2.05) is 6.92 Å². The zero-order valence-electron chi connectivity index (χ0n) is 13.7. The van der Waals surface area contributed by atoms with Gasteiger partial charge < -0.3 is 14.4 Å². The van der Waals surface area contributed by atoms with Crippen LogP contribution in [0.2, 0.25) is 5.02 Å². The summed E-state index contributed by atoms with van der Waals surface area (Å²) in [5.41, 5.74) is 0. The Labute approximate surface area is 147 Å². The van der Waals surface area contributed by atoms with Gasteiger partial charge >= 0.3 is 0 Å². The van der Waals surface area contributed by atoms with Gasteiger partial charge in [0.2, 0.25) is 15.9 Å². The first-order chi connectivity index (χ1) is 11.4. The van der Waals surface area contributed by atoms with E-state index in [0.29, 0.717) is 38.7 Å². The third-order valence-corrected chi connectivity index (χ3v) is 5.73. The molecule has 0 bridgehead atoms. The maximum atomic E-state index is 12.6. The minimum atomic E-state index is -3.81. The van der Waals surface area contributed by atoms with Gasteiger partial charge in [0, 0.05) is 20.1 Å². The number of rotatable bonds is 6. The average molecular weight is 377 g/mol. The van der Waals surface area contributed by atoms with Crippen molar-refractivity contribution in [3.8, 4) is 5.75 Å². The van der Waals surface area contributed by atoms with Crippen molar-refractivity contribution in [2.45, 2.75) is 11.8 Å². The van der Waals surface area contributed by atoms with Crippen molar-refractivity contribution in [3.63, 3.8) is 0 Å². The van der Waals surface area contributed by atoms with Gasteiger partial charge in [0.25, 0.3) is 0 Å². The Hall–Kier alpha value is -1.35. The molecule has 2 rings (SSSR count). The van der Waals surface area contributed by atoms with Crippen molar-refractivity contribution in [1.82, 2.24) is 9.21 Å². The van der Waals surface area contributed by atoms with Gasteiger partial charge in [-0.1, -0.05) is 11.6 Å². The van der Waals surface area contributed by atoms with Crippen molar-refractivity contribution in [1.29, 1.82) is 0 Å². The topological polar surface area (TPSA) is 76.2 Å². The zero-order chi connectivity index (χ0) is 17.7. The quantitative estimate of drug-likeness (QED) is 0.746. The first-order valence-electron chi connectivity index (χ1n) is 7.60. The van der Waals surface area contributed by atoms with E-state index in [1.54, 1.807) is 4.90 Å². The van der Waals surface area contributed by atoms with Crippen molar-refractivity contribution in [3.05, 3.63) is 23.2 Å². The van der Waals surface area contributed by atoms with Crippen molar-refractivity contribution in [2.24, 2.45) is 0 Å². The first-order valence-corrected chi connectivity index (χ1v) is 9.42. The molecule has 1 aromatic carbocycles. The highest BCUT2D eigenvalue weighted by molar-refractivity contribution is 7.89. The highest BCUT2D eigenvalue weighted by atomic mass is 35.5. The Morgan fingerprint density at radius 1 is 1.38 bits per heavy atom. The van der Waals surface area contributed by atoms with Gasteiger partial charge in [0.15, 0.2) is 0 Å². The molecule has 1 heterocycles. The maximum absolute atomic E-state index is 12.6. The molecule has 9 heteroatoms. The van der Waals surface area contributed by atoms with Crippen LogP contribution in [0.5, 0.6) is 5.75 Å². The minimum absolute atomic E-state index is 0.0215. The van der Waals surface area contributed by atoms with Crippen LogP contribution in [-0.2, 0) is 19.6 Å². The molecule has 1 aliphatic heterocycles. The third-order valence-electron chi connectivity index (χ3n) is 3.63. The molecule has 0 spiro atoms. The molecule has 1 aromatic rings. The van der Waals surface area contributed by atoms with Crippen molar-refractivity contribution >= 4 is 27.5 Å². The summed E-state index contributed by atoms with van der Waals surface area (Å²) in [5.74, 6) is 0.173. The van der Waals surface area contributed by atoms with E-state index >= 15 is 0 Å². The molecule has 0 atom stereocenters. The van der Waals surface area contributed by atoms with Crippen LogP contribution in [0.1, 0.15) is 6.92 Å². The van der Waals surface area contributed by atoms with Crippen LogP contribution in [0.4, 0.5) is 0 Å². The van der Waals surface area contributed by atoms with E-state index in [0.717, 1.165) is 4.31 Å².